The molecule has 1 atom stereocenters. The van der Waals surface area contributed by atoms with Crippen LogP contribution in [-0.2, 0) is 4.74 Å². The molecule has 0 aromatic carbocycles. The predicted molar refractivity (Wildman–Crippen MR) is 95.3 cm³/mol. The summed E-state index contributed by atoms with van der Waals surface area (Å²) in [4.78, 5) is 32.7. The number of ether oxygens (including phenoxy) is 1. The summed E-state index contributed by atoms with van der Waals surface area (Å²) in [6, 6.07) is 6.87. The molecule has 1 fully saturated rings. The normalized spacial score (nSPS) is 16.3. The zero-order chi connectivity index (χ0) is 18.5. The number of nitrogens with zero attached hydrogens (tertiary/aromatic N) is 4. The Kier molecular flexibility index (Phi) is 5.26. The first-order valence-corrected chi connectivity index (χ1v) is 8.21. The van der Waals surface area contributed by atoms with Gasteiger partial charge in [0.2, 0.25) is 5.82 Å². The molecule has 3 heterocycles. The summed E-state index contributed by atoms with van der Waals surface area (Å²) >= 11 is 0. The number of nitro groups is 1. The highest BCUT2D eigenvalue weighted by Gasteiger charge is 2.29. The lowest BCUT2D eigenvalue weighted by atomic mass is 10.1. The number of methoxy groups -OCH3 is 1. The highest BCUT2D eigenvalue weighted by Crippen LogP contribution is 2.31. The fourth-order valence-electron chi connectivity index (χ4n) is 2.96. The molecule has 0 bridgehead atoms. The van der Waals surface area contributed by atoms with Crippen LogP contribution in [0.5, 0.6) is 0 Å². The maximum Gasteiger partial charge on any atom is 0.339 e. The monoisotopic (exact) mass is 357 g/mol. The minimum atomic E-state index is -0.647. The van der Waals surface area contributed by atoms with Gasteiger partial charge in [0, 0.05) is 38.1 Å². The first-order valence-electron chi connectivity index (χ1n) is 8.21. The third-order valence-electron chi connectivity index (χ3n) is 4.29. The molecule has 1 aliphatic rings. The molecular weight excluding hydrogens is 338 g/mol. The van der Waals surface area contributed by atoms with Crippen LogP contribution in [0.1, 0.15) is 16.8 Å². The quantitative estimate of drug-likeness (QED) is 0.475. The number of pyridine rings is 2. The molecule has 3 rings (SSSR count). The standard InChI is InChI=1S/C17H19N5O4/c1-26-17(23)13-8-14(22(24)25)16(20-10-13)21-7-5-12(11-21)9-19-15-4-2-3-6-18-15/h2-4,6,8,10,12H,5,7,9,11H2,1H3,(H,18,19). The van der Waals surface area contributed by atoms with Crippen molar-refractivity contribution in [2.45, 2.75) is 6.42 Å². The summed E-state index contributed by atoms with van der Waals surface area (Å²) in [6.45, 7) is 2.03. The first kappa shape index (κ1) is 17.6. The fraction of sp³-hybridized carbons (Fsp3) is 0.353. The van der Waals surface area contributed by atoms with E-state index in [1.54, 1.807) is 6.20 Å². The van der Waals surface area contributed by atoms with Gasteiger partial charge in [-0.1, -0.05) is 6.07 Å². The zero-order valence-corrected chi connectivity index (χ0v) is 14.3. The van der Waals surface area contributed by atoms with E-state index in [1.165, 1.54) is 19.4 Å². The Morgan fingerprint density at radius 3 is 3.00 bits per heavy atom. The lowest BCUT2D eigenvalue weighted by Crippen LogP contribution is -2.24. The van der Waals surface area contributed by atoms with E-state index in [1.807, 2.05) is 23.1 Å². The SMILES string of the molecule is COC(=O)c1cnc(N2CCC(CNc3ccccn3)C2)c([N+](=O)[O-])c1. The number of carbonyl (C=O) groups excluding carboxylic acids is 1. The van der Waals surface area contributed by atoms with Gasteiger partial charge in [-0.15, -0.1) is 0 Å². The van der Waals surface area contributed by atoms with Crippen LogP contribution in [-0.4, -0.2) is 47.6 Å². The maximum absolute atomic E-state index is 11.6. The number of hydrogen-bond donors (Lipinski definition) is 1. The second kappa shape index (κ2) is 7.77. The second-order valence-electron chi connectivity index (χ2n) is 6.01. The smallest absolute Gasteiger partial charge is 0.339 e. The highest BCUT2D eigenvalue weighted by molar-refractivity contribution is 5.90. The van der Waals surface area contributed by atoms with Crippen molar-refractivity contribution in [3.8, 4) is 0 Å². The van der Waals surface area contributed by atoms with E-state index < -0.39 is 10.9 Å². The summed E-state index contributed by atoms with van der Waals surface area (Å²) in [5.41, 5.74) is -0.123. The highest BCUT2D eigenvalue weighted by atomic mass is 16.6. The van der Waals surface area contributed by atoms with Crippen LogP contribution < -0.4 is 10.2 Å². The van der Waals surface area contributed by atoms with Gasteiger partial charge in [0.1, 0.15) is 5.82 Å². The van der Waals surface area contributed by atoms with E-state index in [0.717, 1.165) is 18.8 Å². The van der Waals surface area contributed by atoms with Gasteiger partial charge in [-0.2, -0.15) is 0 Å². The Balaban J connectivity index is 1.69. The van der Waals surface area contributed by atoms with Crippen molar-refractivity contribution in [3.63, 3.8) is 0 Å². The number of carbonyl (C=O) groups is 1. The van der Waals surface area contributed by atoms with E-state index in [9.17, 15) is 14.9 Å². The average Bonchev–Trinajstić information content (AvgIpc) is 3.15. The molecule has 9 heteroatoms. The van der Waals surface area contributed by atoms with Gasteiger partial charge in [-0.25, -0.2) is 14.8 Å². The Bertz CT molecular complexity index is 799. The Hall–Kier alpha value is -3.23. The van der Waals surface area contributed by atoms with Gasteiger partial charge in [-0.3, -0.25) is 10.1 Å². The predicted octanol–water partition coefficient (Wildman–Crippen LogP) is 2.11. The van der Waals surface area contributed by atoms with E-state index in [-0.39, 0.29) is 17.1 Å². The number of aromatic nitrogens is 2. The van der Waals surface area contributed by atoms with Gasteiger partial charge in [0.15, 0.2) is 0 Å². The van der Waals surface area contributed by atoms with Crippen molar-refractivity contribution in [3.05, 3.63) is 52.3 Å². The molecule has 1 unspecified atom stereocenters. The van der Waals surface area contributed by atoms with Crippen LogP contribution in [0.4, 0.5) is 17.3 Å². The lowest BCUT2D eigenvalue weighted by molar-refractivity contribution is -0.384. The van der Waals surface area contributed by atoms with E-state index >= 15 is 0 Å². The van der Waals surface area contributed by atoms with E-state index in [4.69, 9.17) is 0 Å². The molecule has 2 aromatic rings. The minimum Gasteiger partial charge on any atom is -0.465 e. The molecule has 0 aliphatic carbocycles. The summed E-state index contributed by atoms with van der Waals surface area (Å²) in [5.74, 6) is 0.755. The average molecular weight is 357 g/mol. The van der Waals surface area contributed by atoms with Crippen LogP contribution in [0.2, 0.25) is 0 Å². The third kappa shape index (κ3) is 3.88. The Morgan fingerprint density at radius 2 is 2.31 bits per heavy atom. The van der Waals surface area contributed by atoms with Crippen molar-refractivity contribution < 1.29 is 14.5 Å². The summed E-state index contributed by atoms with van der Waals surface area (Å²) < 4.78 is 4.60. The maximum atomic E-state index is 11.6. The van der Waals surface area contributed by atoms with E-state index in [0.29, 0.717) is 19.0 Å². The first-order chi connectivity index (χ1) is 12.6. The summed E-state index contributed by atoms with van der Waals surface area (Å²) in [6.07, 6.45) is 3.92. The Labute approximate surface area is 150 Å². The number of esters is 1. The molecule has 26 heavy (non-hydrogen) atoms. The molecule has 0 amide bonds. The van der Waals surface area contributed by atoms with Gasteiger partial charge < -0.3 is 15.0 Å². The van der Waals surface area contributed by atoms with Crippen molar-refractivity contribution >= 4 is 23.3 Å². The molecule has 0 spiro atoms. The molecule has 0 saturated carbocycles. The fourth-order valence-corrected chi connectivity index (χ4v) is 2.96. The Morgan fingerprint density at radius 1 is 1.46 bits per heavy atom. The molecule has 1 aliphatic heterocycles. The van der Waals surface area contributed by atoms with Crippen LogP contribution in [0, 0.1) is 16.0 Å². The molecule has 9 nitrogen and oxygen atoms in total. The zero-order valence-electron chi connectivity index (χ0n) is 14.3. The summed E-state index contributed by atoms with van der Waals surface area (Å²) in [7, 11) is 1.22. The lowest BCUT2D eigenvalue weighted by Gasteiger charge is -2.18. The van der Waals surface area contributed by atoms with Crippen molar-refractivity contribution in [1.29, 1.82) is 0 Å². The van der Waals surface area contributed by atoms with Crippen LogP contribution in [0.15, 0.2) is 36.7 Å². The molecule has 136 valence electrons. The molecule has 2 aromatic heterocycles. The minimum absolute atomic E-state index is 0.0653. The van der Waals surface area contributed by atoms with Gasteiger partial charge in [0.05, 0.1) is 17.6 Å². The van der Waals surface area contributed by atoms with Crippen molar-refractivity contribution in [2.24, 2.45) is 5.92 Å². The molecular formula is C17H19N5O4. The number of hydrogen-bond acceptors (Lipinski definition) is 8. The number of rotatable bonds is 6. The molecule has 0 radical (unpaired) electrons. The molecule has 1 N–H and O–H groups in total. The van der Waals surface area contributed by atoms with Crippen molar-refractivity contribution in [1.82, 2.24) is 9.97 Å². The van der Waals surface area contributed by atoms with Crippen LogP contribution in [0.25, 0.3) is 0 Å². The van der Waals surface area contributed by atoms with Crippen LogP contribution in [0.3, 0.4) is 0 Å². The van der Waals surface area contributed by atoms with Gasteiger partial charge in [-0.05, 0) is 24.5 Å². The molecule has 1 saturated heterocycles. The number of anilines is 2. The largest absolute Gasteiger partial charge is 0.465 e. The van der Waals surface area contributed by atoms with Gasteiger partial charge >= 0.3 is 11.7 Å². The van der Waals surface area contributed by atoms with Crippen LogP contribution >= 0.6 is 0 Å². The topological polar surface area (TPSA) is 110 Å². The van der Waals surface area contributed by atoms with Gasteiger partial charge in [0.25, 0.3) is 0 Å². The number of nitrogens with one attached hydrogen (secondary N) is 1. The van der Waals surface area contributed by atoms with Crippen molar-refractivity contribution in [2.75, 3.05) is 37.0 Å². The summed E-state index contributed by atoms with van der Waals surface area (Å²) in [5, 5.41) is 14.7. The third-order valence-corrected chi connectivity index (χ3v) is 4.29. The second-order valence-corrected chi connectivity index (χ2v) is 6.01. The van der Waals surface area contributed by atoms with E-state index in [2.05, 4.69) is 20.0 Å².